The molecule has 0 atom stereocenters. The molecule has 6 nitrogen and oxygen atoms in total. The van der Waals surface area contributed by atoms with E-state index in [1.807, 2.05) is 11.0 Å². The molecule has 0 aliphatic carbocycles. The third-order valence-electron chi connectivity index (χ3n) is 3.05. The summed E-state index contributed by atoms with van der Waals surface area (Å²) in [5, 5.41) is 0. The van der Waals surface area contributed by atoms with Crippen molar-refractivity contribution in [2.24, 2.45) is 0 Å². The first-order valence-corrected chi connectivity index (χ1v) is 6.04. The number of nitrogens with zero attached hydrogens (tertiary/aromatic N) is 4. The van der Waals surface area contributed by atoms with Crippen LogP contribution in [-0.4, -0.2) is 27.6 Å². The molecule has 6 heteroatoms. The second kappa shape index (κ2) is 4.64. The summed E-state index contributed by atoms with van der Waals surface area (Å²) in [6.45, 7) is 2.23. The van der Waals surface area contributed by atoms with Crippen LogP contribution in [-0.2, 0) is 6.54 Å². The highest BCUT2D eigenvalue weighted by atomic mass is 16.3. The smallest absolute Gasteiger partial charge is 0.352 e. The van der Waals surface area contributed by atoms with Crippen LogP contribution in [0.25, 0.3) is 0 Å². The molecule has 18 heavy (non-hydrogen) atoms. The van der Waals surface area contributed by atoms with Gasteiger partial charge in [0.2, 0.25) is 5.95 Å². The summed E-state index contributed by atoms with van der Waals surface area (Å²) >= 11 is 0. The Morgan fingerprint density at radius 2 is 2.17 bits per heavy atom. The van der Waals surface area contributed by atoms with E-state index in [0.29, 0.717) is 12.5 Å². The monoisotopic (exact) mass is 246 g/mol. The first kappa shape index (κ1) is 11.0. The van der Waals surface area contributed by atoms with Gasteiger partial charge in [-0.15, -0.1) is 0 Å². The molecule has 1 fully saturated rings. The van der Waals surface area contributed by atoms with Gasteiger partial charge in [0.15, 0.2) is 0 Å². The summed E-state index contributed by atoms with van der Waals surface area (Å²) < 4.78 is 6.64. The Hall–Kier alpha value is -2.11. The summed E-state index contributed by atoms with van der Waals surface area (Å²) in [4.78, 5) is 22.2. The summed E-state index contributed by atoms with van der Waals surface area (Å²) in [6.07, 6.45) is 5.39. The van der Waals surface area contributed by atoms with Gasteiger partial charge in [0.1, 0.15) is 12.1 Å². The fraction of sp³-hybridized carbons (Fsp3) is 0.417. The zero-order valence-corrected chi connectivity index (χ0v) is 9.95. The lowest BCUT2D eigenvalue weighted by Crippen LogP contribution is -2.29. The van der Waals surface area contributed by atoms with Gasteiger partial charge in [0, 0.05) is 13.1 Å². The molecule has 0 radical (unpaired) electrons. The van der Waals surface area contributed by atoms with Crippen LogP contribution in [0.3, 0.4) is 0 Å². The first-order chi connectivity index (χ1) is 8.83. The lowest BCUT2D eigenvalue weighted by molar-refractivity contribution is 0.484. The normalized spacial score (nSPS) is 15.2. The number of rotatable bonds is 3. The molecule has 2 aromatic rings. The molecular weight excluding hydrogens is 232 g/mol. The van der Waals surface area contributed by atoms with E-state index >= 15 is 0 Å². The maximum Gasteiger partial charge on any atom is 0.352 e. The van der Waals surface area contributed by atoms with Gasteiger partial charge in [-0.25, -0.2) is 9.78 Å². The number of furan rings is 1. The van der Waals surface area contributed by atoms with E-state index in [9.17, 15) is 4.79 Å². The number of aromatic nitrogens is 3. The zero-order chi connectivity index (χ0) is 12.4. The highest BCUT2D eigenvalue weighted by Gasteiger charge is 2.15. The molecule has 0 amide bonds. The van der Waals surface area contributed by atoms with Crippen molar-refractivity contribution >= 4 is 5.95 Å². The fourth-order valence-corrected chi connectivity index (χ4v) is 2.10. The van der Waals surface area contributed by atoms with Crippen molar-refractivity contribution in [1.29, 1.82) is 0 Å². The van der Waals surface area contributed by atoms with Gasteiger partial charge >= 0.3 is 5.69 Å². The highest BCUT2D eigenvalue weighted by molar-refractivity contribution is 5.28. The maximum absolute atomic E-state index is 11.9. The van der Waals surface area contributed by atoms with Gasteiger partial charge in [-0.3, -0.25) is 4.57 Å². The third kappa shape index (κ3) is 2.13. The van der Waals surface area contributed by atoms with E-state index in [4.69, 9.17) is 4.42 Å². The lowest BCUT2D eigenvalue weighted by atomic mass is 10.4. The van der Waals surface area contributed by atoms with Crippen molar-refractivity contribution in [2.45, 2.75) is 19.4 Å². The van der Waals surface area contributed by atoms with Crippen molar-refractivity contribution < 1.29 is 4.42 Å². The molecule has 1 aliphatic heterocycles. The molecule has 3 heterocycles. The highest BCUT2D eigenvalue weighted by Crippen LogP contribution is 2.13. The average Bonchev–Trinajstić information content (AvgIpc) is 3.04. The molecule has 1 saturated heterocycles. The van der Waals surface area contributed by atoms with Crippen LogP contribution in [0.15, 0.2) is 33.9 Å². The van der Waals surface area contributed by atoms with Crippen LogP contribution >= 0.6 is 0 Å². The predicted molar refractivity (Wildman–Crippen MR) is 65.5 cm³/mol. The van der Waals surface area contributed by atoms with Gasteiger partial charge in [-0.05, 0) is 25.0 Å². The van der Waals surface area contributed by atoms with Crippen LogP contribution in [0.4, 0.5) is 5.95 Å². The molecule has 2 aromatic heterocycles. The van der Waals surface area contributed by atoms with Gasteiger partial charge in [0.05, 0.1) is 12.8 Å². The molecular formula is C12H14N4O2. The average molecular weight is 246 g/mol. The first-order valence-electron chi connectivity index (χ1n) is 6.04. The van der Waals surface area contributed by atoms with Crippen LogP contribution in [0, 0.1) is 0 Å². The second-order valence-corrected chi connectivity index (χ2v) is 4.34. The summed E-state index contributed by atoms with van der Waals surface area (Å²) in [6, 6.07) is 3.61. The van der Waals surface area contributed by atoms with Crippen molar-refractivity contribution in [2.75, 3.05) is 18.0 Å². The van der Waals surface area contributed by atoms with Gasteiger partial charge in [-0.2, -0.15) is 4.98 Å². The Morgan fingerprint density at radius 3 is 2.83 bits per heavy atom. The summed E-state index contributed by atoms with van der Waals surface area (Å²) in [7, 11) is 0. The largest absolute Gasteiger partial charge is 0.467 e. The molecule has 0 N–H and O–H groups in total. The van der Waals surface area contributed by atoms with Crippen LogP contribution in [0.2, 0.25) is 0 Å². The summed E-state index contributed by atoms with van der Waals surface area (Å²) in [5.74, 6) is 1.25. The van der Waals surface area contributed by atoms with Crippen LogP contribution in [0.5, 0.6) is 0 Å². The van der Waals surface area contributed by atoms with Gasteiger partial charge in [-0.1, -0.05) is 0 Å². The Morgan fingerprint density at radius 1 is 1.33 bits per heavy atom. The fourth-order valence-electron chi connectivity index (χ4n) is 2.10. The Balaban J connectivity index is 1.82. The van der Waals surface area contributed by atoms with E-state index in [-0.39, 0.29) is 5.69 Å². The number of anilines is 1. The zero-order valence-electron chi connectivity index (χ0n) is 9.95. The lowest BCUT2D eigenvalue weighted by Gasteiger charge is -2.14. The van der Waals surface area contributed by atoms with Gasteiger partial charge in [0.25, 0.3) is 0 Å². The Bertz CT molecular complexity index is 570. The SMILES string of the molecule is O=c1nc(N2CCCC2)ncn1Cc1ccco1. The summed E-state index contributed by atoms with van der Waals surface area (Å²) in [5.41, 5.74) is -0.289. The minimum absolute atomic E-state index is 0.289. The molecule has 0 aromatic carbocycles. The Kier molecular flexibility index (Phi) is 2.84. The molecule has 94 valence electrons. The van der Waals surface area contributed by atoms with E-state index in [1.54, 1.807) is 12.3 Å². The standard InChI is InChI=1S/C12H14N4O2/c17-12-14-11(15-5-1-2-6-15)13-9-16(12)8-10-4-3-7-18-10/h3-4,7,9H,1-2,5-6,8H2. The molecule has 1 aliphatic rings. The van der Waals surface area contributed by atoms with E-state index in [0.717, 1.165) is 31.7 Å². The quantitative estimate of drug-likeness (QED) is 0.804. The van der Waals surface area contributed by atoms with E-state index < -0.39 is 0 Å². The van der Waals surface area contributed by atoms with E-state index in [1.165, 1.54) is 10.9 Å². The van der Waals surface area contributed by atoms with Crippen molar-refractivity contribution in [1.82, 2.24) is 14.5 Å². The van der Waals surface area contributed by atoms with Crippen LogP contribution < -0.4 is 10.6 Å². The van der Waals surface area contributed by atoms with Crippen molar-refractivity contribution in [3.63, 3.8) is 0 Å². The predicted octanol–water partition coefficient (Wildman–Crippen LogP) is 0.880. The van der Waals surface area contributed by atoms with Crippen molar-refractivity contribution in [3.05, 3.63) is 41.0 Å². The van der Waals surface area contributed by atoms with E-state index in [2.05, 4.69) is 9.97 Å². The maximum atomic E-state index is 11.9. The van der Waals surface area contributed by atoms with Crippen LogP contribution in [0.1, 0.15) is 18.6 Å². The molecule has 0 bridgehead atoms. The third-order valence-corrected chi connectivity index (χ3v) is 3.05. The molecule has 0 spiro atoms. The second-order valence-electron chi connectivity index (χ2n) is 4.34. The molecule has 0 unspecified atom stereocenters. The number of hydrogen-bond acceptors (Lipinski definition) is 5. The Labute approximate surface area is 104 Å². The molecule has 3 rings (SSSR count). The number of hydrogen-bond donors (Lipinski definition) is 0. The minimum Gasteiger partial charge on any atom is -0.467 e. The van der Waals surface area contributed by atoms with Gasteiger partial charge < -0.3 is 9.32 Å². The topological polar surface area (TPSA) is 64.2 Å². The minimum atomic E-state index is -0.289. The molecule has 0 saturated carbocycles. The van der Waals surface area contributed by atoms with Crippen molar-refractivity contribution in [3.8, 4) is 0 Å².